The SMILES string of the molecule is C[C@H]1CN(C(=O)C2CC2)CCN1. The molecule has 0 spiro atoms. The molecule has 0 aromatic heterocycles. The summed E-state index contributed by atoms with van der Waals surface area (Å²) in [6, 6.07) is 0.474. The third-order valence-corrected chi connectivity index (χ3v) is 2.61. The zero-order chi connectivity index (χ0) is 8.55. The van der Waals surface area contributed by atoms with E-state index in [9.17, 15) is 4.79 Å². The van der Waals surface area contributed by atoms with Crippen LogP contribution in [0, 0.1) is 5.92 Å². The molecular formula is C9H16N2O. The summed E-state index contributed by atoms with van der Waals surface area (Å²) in [4.78, 5) is 13.6. The molecule has 1 atom stereocenters. The summed E-state index contributed by atoms with van der Waals surface area (Å²) in [5, 5.41) is 3.33. The van der Waals surface area contributed by atoms with Crippen LogP contribution in [0.1, 0.15) is 19.8 Å². The van der Waals surface area contributed by atoms with E-state index in [1.807, 2.05) is 4.90 Å². The number of piperazine rings is 1. The van der Waals surface area contributed by atoms with Gasteiger partial charge in [-0.2, -0.15) is 0 Å². The predicted octanol–water partition coefficient (Wildman–Crippen LogP) is 0.217. The Balaban J connectivity index is 1.89. The maximum Gasteiger partial charge on any atom is 0.225 e. The van der Waals surface area contributed by atoms with Crippen LogP contribution < -0.4 is 5.32 Å². The molecule has 1 amide bonds. The second kappa shape index (κ2) is 3.05. The lowest BCUT2D eigenvalue weighted by Gasteiger charge is -2.32. The van der Waals surface area contributed by atoms with Crippen molar-refractivity contribution in [2.45, 2.75) is 25.8 Å². The zero-order valence-corrected chi connectivity index (χ0v) is 7.55. The Morgan fingerprint density at radius 2 is 2.25 bits per heavy atom. The zero-order valence-electron chi connectivity index (χ0n) is 7.55. The molecule has 3 nitrogen and oxygen atoms in total. The molecule has 0 bridgehead atoms. The van der Waals surface area contributed by atoms with Gasteiger partial charge >= 0.3 is 0 Å². The van der Waals surface area contributed by atoms with Crippen molar-refractivity contribution in [3.05, 3.63) is 0 Å². The van der Waals surface area contributed by atoms with Crippen LogP contribution in [-0.2, 0) is 4.79 Å². The van der Waals surface area contributed by atoms with Gasteiger partial charge in [0.25, 0.3) is 0 Å². The number of hydrogen-bond acceptors (Lipinski definition) is 2. The smallest absolute Gasteiger partial charge is 0.225 e. The standard InChI is InChI=1S/C9H16N2O/c1-7-6-11(5-4-10-7)9(12)8-2-3-8/h7-8,10H,2-6H2,1H3/t7-/m0/s1. The van der Waals surface area contributed by atoms with Gasteiger partial charge in [0.1, 0.15) is 0 Å². The van der Waals surface area contributed by atoms with Gasteiger partial charge in [0.15, 0.2) is 0 Å². The van der Waals surface area contributed by atoms with Crippen LogP contribution in [0.5, 0.6) is 0 Å². The van der Waals surface area contributed by atoms with E-state index in [2.05, 4.69) is 12.2 Å². The number of carbonyl (C=O) groups excluding carboxylic acids is 1. The average Bonchev–Trinajstić information content (AvgIpc) is 2.85. The number of hydrogen-bond donors (Lipinski definition) is 1. The first-order valence-electron chi connectivity index (χ1n) is 4.79. The molecule has 1 saturated heterocycles. The minimum atomic E-state index is 0.385. The molecule has 2 rings (SSSR count). The lowest BCUT2D eigenvalue weighted by molar-refractivity contribution is -0.133. The van der Waals surface area contributed by atoms with Crippen LogP contribution in [0.15, 0.2) is 0 Å². The Bertz CT molecular complexity index is 189. The first kappa shape index (κ1) is 8.05. The van der Waals surface area contributed by atoms with E-state index in [1.165, 1.54) is 0 Å². The highest BCUT2D eigenvalue weighted by molar-refractivity contribution is 5.81. The normalized spacial score (nSPS) is 30.4. The second-order valence-corrected chi connectivity index (χ2v) is 3.91. The van der Waals surface area contributed by atoms with Gasteiger partial charge in [0.2, 0.25) is 5.91 Å². The highest BCUT2D eigenvalue weighted by Gasteiger charge is 2.34. The van der Waals surface area contributed by atoms with E-state index in [0.717, 1.165) is 32.5 Å². The van der Waals surface area contributed by atoms with E-state index in [4.69, 9.17) is 0 Å². The molecule has 0 aromatic rings. The lowest BCUT2D eigenvalue weighted by Crippen LogP contribution is -2.51. The molecule has 1 aliphatic carbocycles. The van der Waals surface area contributed by atoms with E-state index in [1.54, 1.807) is 0 Å². The Morgan fingerprint density at radius 1 is 1.50 bits per heavy atom. The van der Waals surface area contributed by atoms with E-state index in [-0.39, 0.29) is 0 Å². The number of nitrogens with zero attached hydrogens (tertiary/aromatic N) is 1. The lowest BCUT2D eigenvalue weighted by atomic mass is 10.2. The van der Waals surface area contributed by atoms with Gasteiger partial charge in [-0.15, -0.1) is 0 Å². The number of carbonyl (C=O) groups is 1. The highest BCUT2D eigenvalue weighted by atomic mass is 16.2. The van der Waals surface area contributed by atoms with Crippen LogP contribution in [0.4, 0.5) is 0 Å². The van der Waals surface area contributed by atoms with Crippen molar-refractivity contribution in [1.82, 2.24) is 10.2 Å². The van der Waals surface area contributed by atoms with Crippen LogP contribution in [-0.4, -0.2) is 36.5 Å². The van der Waals surface area contributed by atoms with Crippen molar-refractivity contribution >= 4 is 5.91 Å². The largest absolute Gasteiger partial charge is 0.340 e. The van der Waals surface area contributed by atoms with Gasteiger partial charge < -0.3 is 10.2 Å². The first-order chi connectivity index (χ1) is 5.77. The molecule has 1 heterocycles. The summed E-state index contributed by atoms with van der Waals surface area (Å²) in [5.74, 6) is 0.777. The average molecular weight is 168 g/mol. The summed E-state index contributed by atoms with van der Waals surface area (Å²) in [7, 11) is 0. The summed E-state index contributed by atoms with van der Waals surface area (Å²) in [5.41, 5.74) is 0. The molecule has 12 heavy (non-hydrogen) atoms. The topological polar surface area (TPSA) is 32.3 Å². The van der Waals surface area contributed by atoms with Crippen LogP contribution in [0.25, 0.3) is 0 Å². The first-order valence-corrected chi connectivity index (χ1v) is 4.79. The molecular weight excluding hydrogens is 152 g/mol. The fourth-order valence-corrected chi connectivity index (χ4v) is 1.72. The molecule has 1 aliphatic heterocycles. The molecule has 1 saturated carbocycles. The second-order valence-electron chi connectivity index (χ2n) is 3.91. The molecule has 2 aliphatic rings. The van der Waals surface area contributed by atoms with Crippen molar-refractivity contribution in [3.63, 3.8) is 0 Å². The van der Waals surface area contributed by atoms with Crippen molar-refractivity contribution in [2.75, 3.05) is 19.6 Å². The minimum absolute atomic E-state index is 0.385. The maximum absolute atomic E-state index is 11.6. The molecule has 1 N–H and O–H groups in total. The van der Waals surface area contributed by atoms with Crippen LogP contribution >= 0.6 is 0 Å². The third-order valence-electron chi connectivity index (χ3n) is 2.61. The number of rotatable bonds is 1. The summed E-state index contributed by atoms with van der Waals surface area (Å²) >= 11 is 0. The molecule has 68 valence electrons. The predicted molar refractivity (Wildman–Crippen MR) is 46.8 cm³/mol. The summed E-state index contributed by atoms with van der Waals surface area (Å²) in [6.07, 6.45) is 2.24. The van der Waals surface area contributed by atoms with Gasteiger partial charge in [-0.05, 0) is 19.8 Å². The molecule has 2 fully saturated rings. The maximum atomic E-state index is 11.6. The Hall–Kier alpha value is -0.570. The molecule has 0 radical (unpaired) electrons. The van der Waals surface area contributed by atoms with Gasteiger partial charge in [-0.1, -0.05) is 0 Å². The van der Waals surface area contributed by atoms with Crippen molar-refractivity contribution in [1.29, 1.82) is 0 Å². The van der Waals surface area contributed by atoms with Crippen molar-refractivity contribution in [2.24, 2.45) is 5.92 Å². The molecule has 3 heteroatoms. The fourth-order valence-electron chi connectivity index (χ4n) is 1.72. The van der Waals surface area contributed by atoms with E-state index >= 15 is 0 Å². The molecule has 0 aromatic carbocycles. The van der Waals surface area contributed by atoms with Gasteiger partial charge in [-0.3, -0.25) is 4.79 Å². The Morgan fingerprint density at radius 3 is 2.83 bits per heavy atom. The minimum Gasteiger partial charge on any atom is -0.340 e. The van der Waals surface area contributed by atoms with Crippen LogP contribution in [0.3, 0.4) is 0 Å². The van der Waals surface area contributed by atoms with Crippen molar-refractivity contribution in [3.8, 4) is 0 Å². The van der Waals surface area contributed by atoms with E-state index in [0.29, 0.717) is 17.9 Å². The van der Waals surface area contributed by atoms with Gasteiger partial charge in [0, 0.05) is 31.6 Å². The quantitative estimate of drug-likeness (QED) is 0.607. The highest BCUT2D eigenvalue weighted by Crippen LogP contribution is 2.31. The fraction of sp³-hybridized carbons (Fsp3) is 0.889. The van der Waals surface area contributed by atoms with Crippen molar-refractivity contribution < 1.29 is 4.79 Å². The Kier molecular flexibility index (Phi) is 2.05. The van der Waals surface area contributed by atoms with Gasteiger partial charge in [0.05, 0.1) is 0 Å². The summed E-state index contributed by atoms with van der Waals surface area (Å²) < 4.78 is 0. The van der Waals surface area contributed by atoms with Crippen LogP contribution in [0.2, 0.25) is 0 Å². The number of amides is 1. The monoisotopic (exact) mass is 168 g/mol. The molecule has 0 unspecified atom stereocenters. The Labute approximate surface area is 73.1 Å². The third kappa shape index (κ3) is 1.61. The van der Waals surface area contributed by atoms with Gasteiger partial charge in [-0.25, -0.2) is 0 Å². The summed E-state index contributed by atoms with van der Waals surface area (Å²) in [6.45, 7) is 4.89. The number of nitrogens with one attached hydrogen (secondary N) is 1. The van der Waals surface area contributed by atoms with E-state index < -0.39 is 0 Å².